The maximum absolute atomic E-state index is 11.6. The summed E-state index contributed by atoms with van der Waals surface area (Å²) in [6, 6.07) is 7.14. The Balaban J connectivity index is 1.77. The molecule has 0 radical (unpaired) electrons. The minimum atomic E-state index is -0.496. The van der Waals surface area contributed by atoms with Crippen LogP contribution >= 0.6 is 0 Å². The van der Waals surface area contributed by atoms with Gasteiger partial charge in [-0.05, 0) is 42.5 Å². The summed E-state index contributed by atoms with van der Waals surface area (Å²) in [5.41, 5.74) is 0.705. The molecule has 4 nitrogen and oxygen atoms in total. The highest BCUT2D eigenvalue weighted by Crippen LogP contribution is 2.21. The van der Waals surface area contributed by atoms with E-state index in [-0.39, 0.29) is 12.4 Å². The molecular weight excluding hydrogens is 290 g/mol. The molecule has 1 aromatic carbocycles. The van der Waals surface area contributed by atoms with Gasteiger partial charge in [-0.2, -0.15) is 0 Å². The first kappa shape index (κ1) is 18.0. The first-order valence-electron chi connectivity index (χ1n) is 8.64. The number of hydrogen-bond donors (Lipinski definition) is 1. The number of carbonyl (C=O) groups is 1. The van der Waals surface area contributed by atoms with E-state index in [4.69, 9.17) is 4.74 Å². The van der Waals surface area contributed by atoms with Crippen LogP contribution in [-0.2, 0) is 0 Å². The summed E-state index contributed by atoms with van der Waals surface area (Å²) in [7, 11) is 0. The van der Waals surface area contributed by atoms with Crippen LogP contribution in [0.1, 0.15) is 44.0 Å². The van der Waals surface area contributed by atoms with Gasteiger partial charge in [0.15, 0.2) is 5.78 Å². The number of benzene rings is 1. The van der Waals surface area contributed by atoms with Crippen molar-refractivity contribution in [3.8, 4) is 5.75 Å². The van der Waals surface area contributed by atoms with E-state index in [0.717, 1.165) is 13.1 Å². The van der Waals surface area contributed by atoms with E-state index < -0.39 is 6.10 Å². The summed E-state index contributed by atoms with van der Waals surface area (Å²) in [4.78, 5) is 13.9. The van der Waals surface area contributed by atoms with E-state index in [1.165, 1.54) is 6.42 Å². The number of aliphatic hydroxyl groups excluding tert-OH is 1. The first-order valence-corrected chi connectivity index (χ1v) is 8.64. The number of hydrogen-bond acceptors (Lipinski definition) is 4. The second-order valence-corrected chi connectivity index (χ2v) is 6.93. The van der Waals surface area contributed by atoms with Gasteiger partial charge in [-0.25, -0.2) is 0 Å². The fraction of sp³-hybridized carbons (Fsp3) is 0.632. The molecule has 0 aliphatic carbocycles. The van der Waals surface area contributed by atoms with Crippen LogP contribution in [0.15, 0.2) is 24.3 Å². The van der Waals surface area contributed by atoms with E-state index in [1.807, 2.05) is 6.92 Å². The second kappa shape index (κ2) is 8.46. The zero-order valence-electron chi connectivity index (χ0n) is 14.5. The van der Waals surface area contributed by atoms with Gasteiger partial charge >= 0.3 is 0 Å². The molecule has 0 unspecified atom stereocenters. The Morgan fingerprint density at radius 2 is 1.87 bits per heavy atom. The molecule has 2 rings (SSSR count). The van der Waals surface area contributed by atoms with Crippen LogP contribution < -0.4 is 4.74 Å². The van der Waals surface area contributed by atoms with E-state index in [2.05, 4.69) is 18.7 Å². The molecule has 1 aliphatic heterocycles. The molecule has 0 amide bonds. The van der Waals surface area contributed by atoms with Crippen molar-refractivity contribution in [1.29, 1.82) is 0 Å². The number of carbonyl (C=O) groups excluding carboxylic acids is 1. The topological polar surface area (TPSA) is 49.8 Å². The van der Waals surface area contributed by atoms with Gasteiger partial charge in [0.05, 0.1) is 0 Å². The van der Waals surface area contributed by atoms with Crippen LogP contribution in [0, 0.1) is 11.8 Å². The molecular formula is C19H29NO3. The minimum Gasteiger partial charge on any atom is -0.491 e. The molecule has 128 valence electrons. The molecule has 1 N–H and O–H groups in total. The third-order valence-electron chi connectivity index (χ3n) is 4.35. The number of Topliss-reactive ketones (excluding diaryl/α,β-unsaturated/α-hetero) is 1. The smallest absolute Gasteiger partial charge is 0.162 e. The van der Waals surface area contributed by atoms with E-state index in [0.29, 0.717) is 36.1 Å². The fourth-order valence-corrected chi connectivity index (χ4v) is 3.43. The Kier molecular flexibility index (Phi) is 6.60. The molecule has 1 heterocycles. The van der Waals surface area contributed by atoms with Crippen molar-refractivity contribution in [2.24, 2.45) is 11.8 Å². The normalized spacial score (nSPS) is 23.5. The molecule has 1 aromatic rings. The van der Waals surface area contributed by atoms with Crippen molar-refractivity contribution >= 4 is 5.78 Å². The van der Waals surface area contributed by atoms with E-state index in [1.54, 1.807) is 24.3 Å². The molecule has 3 atom stereocenters. The largest absolute Gasteiger partial charge is 0.491 e. The second-order valence-electron chi connectivity index (χ2n) is 6.93. The van der Waals surface area contributed by atoms with Gasteiger partial charge in [-0.3, -0.25) is 4.79 Å². The van der Waals surface area contributed by atoms with Crippen LogP contribution in [-0.4, -0.2) is 48.1 Å². The standard InChI is InChI=1S/C19H29NO3/c1-4-19(22)16-5-7-18(8-6-16)23-13-17(21)12-20-10-14(2)9-15(3)11-20/h5-8,14-15,17,21H,4,9-13H2,1-3H3/t14-,15+,17-/m1/s1. The summed E-state index contributed by atoms with van der Waals surface area (Å²) >= 11 is 0. The number of nitrogens with zero attached hydrogens (tertiary/aromatic N) is 1. The molecule has 0 saturated carbocycles. The Labute approximate surface area is 139 Å². The summed E-state index contributed by atoms with van der Waals surface area (Å²) < 4.78 is 5.64. The quantitative estimate of drug-likeness (QED) is 0.785. The van der Waals surface area contributed by atoms with Crippen molar-refractivity contribution in [1.82, 2.24) is 4.90 Å². The average Bonchev–Trinajstić information content (AvgIpc) is 2.51. The Hall–Kier alpha value is -1.39. The van der Waals surface area contributed by atoms with Gasteiger partial charge in [-0.1, -0.05) is 20.8 Å². The van der Waals surface area contributed by atoms with Crippen molar-refractivity contribution in [3.05, 3.63) is 29.8 Å². The lowest BCUT2D eigenvalue weighted by Gasteiger charge is -2.35. The molecule has 0 aromatic heterocycles. The Morgan fingerprint density at radius 1 is 1.26 bits per heavy atom. The number of ether oxygens (including phenoxy) is 1. The average molecular weight is 319 g/mol. The zero-order chi connectivity index (χ0) is 16.8. The third-order valence-corrected chi connectivity index (χ3v) is 4.35. The van der Waals surface area contributed by atoms with Crippen LogP contribution in [0.5, 0.6) is 5.75 Å². The van der Waals surface area contributed by atoms with Gasteiger partial charge in [0, 0.05) is 31.6 Å². The lowest BCUT2D eigenvalue weighted by Crippen LogP contribution is -2.43. The summed E-state index contributed by atoms with van der Waals surface area (Å²) in [5.74, 6) is 2.20. The predicted molar refractivity (Wildman–Crippen MR) is 92.0 cm³/mol. The van der Waals surface area contributed by atoms with Crippen molar-refractivity contribution < 1.29 is 14.6 Å². The summed E-state index contributed by atoms with van der Waals surface area (Å²) in [6.45, 7) is 9.42. The van der Waals surface area contributed by atoms with Crippen LogP contribution in [0.3, 0.4) is 0 Å². The first-order chi connectivity index (χ1) is 11.0. The number of rotatable bonds is 7. The van der Waals surface area contributed by atoms with E-state index >= 15 is 0 Å². The lowest BCUT2D eigenvalue weighted by atomic mass is 9.92. The molecule has 1 saturated heterocycles. The molecule has 0 spiro atoms. The van der Waals surface area contributed by atoms with Crippen molar-refractivity contribution in [2.45, 2.75) is 39.7 Å². The maximum Gasteiger partial charge on any atom is 0.162 e. The maximum atomic E-state index is 11.6. The number of piperidine rings is 1. The summed E-state index contributed by atoms with van der Waals surface area (Å²) in [6.07, 6.45) is 1.28. The molecule has 23 heavy (non-hydrogen) atoms. The summed E-state index contributed by atoms with van der Waals surface area (Å²) in [5, 5.41) is 10.2. The zero-order valence-corrected chi connectivity index (χ0v) is 14.5. The number of β-amino-alcohol motifs (C(OH)–C–C–N with tert-alkyl or cyclic N) is 1. The molecule has 4 heteroatoms. The SMILES string of the molecule is CCC(=O)c1ccc(OC[C@H](O)CN2C[C@H](C)C[C@H](C)C2)cc1. The van der Waals surface area contributed by atoms with E-state index in [9.17, 15) is 9.90 Å². The number of ketones is 1. The van der Waals surface area contributed by atoms with Crippen LogP contribution in [0.4, 0.5) is 0 Å². The highest BCUT2D eigenvalue weighted by Gasteiger charge is 2.23. The molecule has 0 bridgehead atoms. The monoisotopic (exact) mass is 319 g/mol. The van der Waals surface area contributed by atoms with Crippen molar-refractivity contribution in [2.75, 3.05) is 26.2 Å². The Morgan fingerprint density at radius 3 is 2.43 bits per heavy atom. The number of aliphatic hydroxyl groups is 1. The number of likely N-dealkylation sites (tertiary alicyclic amines) is 1. The van der Waals surface area contributed by atoms with Gasteiger partial charge < -0.3 is 14.7 Å². The lowest BCUT2D eigenvalue weighted by molar-refractivity contribution is 0.0429. The van der Waals surface area contributed by atoms with Crippen molar-refractivity contribution in [3.63, 3.8) is 0 Å². The predicted octanol–water partition coefficient (Wildman–Crippen LogP) is 3.00. The molecule has 1 aliphatic rings. The van der Waals surface area contributed by atoms with Crippen LogP contribution in [0.2, 0.25) is 0 Å². The van der Waals surface area contributed by atoms with Gasteiger partial charge in [0.2, 0.25) is 0 Å². The third kappa shape index (κ3) is 5.63. The molecule has 1 fully saturated rings. The van der Waals surface area contributed by atoms with Gasteiger partial charge in [0.1, 0.15) is 18.5 Å². The highest BCUT2D eigenvalue weighted by molar-refractivity contribution is 5.95. The van der Waals surface area contributed by atoms with Crippen LogP contribution in [0.25, 0.3) is 0 Å². The Bertz CT molecular complexity index is 490. The van der Waals surface area contributed by atoms with Gasteiger partial charge in [-0.15, -0.1) is 0 Å². The highest BCUT2D eigenvalue weighted by atomic mass is 16.5. The minimum absolute atomic E-state index is 0.130. The fourth-order valence-electron chi connectivity index (χ4n) is 3.43. The van der Waals surface area contributed by atoms with Gasteiger partial charge in [0.25, 0.3) is 0 Å².